The van der Waals surface area contributed by atoms with Gasteiger partial charge in [-0.2, -0.15) is 9.61 Å². The number of nitrogens with two attached hydrogens (primary N) is 1. The summed E-state index contributed by atoms with van der Waals surface area (Å²) in [6.45, 7) is 0. The summed E-state index contributed by atoms with van der Waals surface area (Å²) in [7, 11) is 1.87. The second-order valence-electron chi connectivity index (χ2n) is 9.09. The van der Waals surface area contributed by atoms with Gasteiger partial charge in [0.2, 0.25) is 0 Å². The molecule has 0 bridgehead atoms. The van der Waals surface area contributed by atoms with Crippen LogP contribution in [-0.2, 0) is 6.42 Å². The lowest BCUT2D eigenvalue weighted by Gasteiger charge is -2.33. The van der Waals surface area contributed by atoms with E-state index in [1.165, 1.54) is 0 Å². The van der Waals surface area contributed by atoms with Crippen LogP contribution >= 0.6 is 11.6 Å². The van der Waals surface area contributed by atoms with Crippen molar-refractivity contribution >= 4 is 40.0 Å². The number of carbonyl (C=O) groups is 1. The Morgan fingerprint density at radius 3 is 2.97 bits per heavy atom. The van der Waals surface area contributed by atoms with Crippen LogP contribution in [0.1, 0.15) is 25.0 Å². The minimum absolute atomic E-state index is 0.0142. The molecule has 1 saturated carbocycles. The van der Waals surface area contributed by atoms with Crippen LogP contribution in [0.25, 0.3) is 27.7 Å². The molecule has 9 heteroatoms. The molecule has 8 nitrogen and oxygen atoms in total. The summed E-state index contributed by atoms with van der Waals surface area (Å²) in [5.74, 6) is 0.762. The highest BCUT2D eigenvalue weighted by atomic mass is 35.5. The van der Waals surface area contributed by atoms with Gasteiger partial charge in [-0.25, -0.2) is 9.78 Å². The third-order valence-corrected chi connectivity index (χ3v) is 7.54. The molecule has 1 aliphatic heterocycles. The first-order chi connectivity index (χ1) is 16.0. The minimum Gasteiger partial charge on any atom is -0.382 e. The van der Waals surface area contributed by atoms with Gasteiger partial charge in [-0.3, -0.25) is 4.98 Å². The Bertz CT molecular complexity index is 1400. The fourth-order valence-corrected chi connectivity index (χ4v) is 5.53. The van der Waals surface area contributed by atoms with Crippen molar-refractivity contribution in [2.45, 2.75) is 37.8 Å². The average Bonchev–Trinajstić information content (AvgIpc) is 3.37. The predicted molar refractivity (Wildman–Crippen MR) is 128 cm³/mol. The van der Waals surface area contributed by atoms with E-state index >= 15 is 0 Å². The van der Waals surface area contributed by atoms with Crippen molar-refractivity contribution in [1.29, 1.82) is 0 Å². The molecule has 3 aromatic heterocycles. The van der Waals surface area contributed by atoms with Gasteiger partial charge in [0, 0.05) is 29.8 Å². The molecule has 2 aliphatic rings. The third kappa shape index (κ3) is 3.28. The number of amides is 2. The van der Waals surface area contributed by atoms with Crippen molar-refractivity contribution in [2.75, 3.05) is 12.8 Å². The van der Waals surface area contributed by atoms with Crippen molar-refractivity contribution in [3.63, 3.8) is 0 Å². The second kappa shape index (κ2) is 7.59. The molecule has 2 unspecified atom stereocenters. The monoisotopic (exact) mass is 461 g/mol. The molecule has 3 N–H and O–H groups in total. The van der Waals surface area contributed by atoms with Crippen molar-refractivity contribution in [3.8, 4) is 11.1 Å². The lowest BCUT2D eigenvalue weighted by atomic mass is 9.80. The number of nitrogens with one attached hydrogen (secondary N) is 1. The lowest BCUT2D eigenvalue weighted by molar-refractivity contribution is 0.195. The highest BCUT2D eigenvalue weighted by Gasteiger charge is 2.41. The lowest BCUT2D eigenvalue weighted by Crippen LogP contribution is -2.40. The van der Waals surface area contributed by atoms with E-state index in [4.69, 9.17) is 22.3 Å². The number of likely N-dealkylation sites (N-methyl/N-ethyl adjacent to an activating group) is 1. The van der Waals surface area contributed by atoms with Crippen molar-refractivity contribution in [2.24, 2.45) is 5.92 Å². The summed E-state index contributed by atoms with van der Waals surface area (Å²) in [5, 5.41) is 9.05. The number of halogens is 1. The zero-order valence-corrected chi connectivity index (χ0v) is 19.0. The summed E-state index contributed by atoms with van der Waals surface area (Å²) in [5.41, 5.74) is 10.6. The van der Waals surface area contributed by atoms with Crippen molar-refractivity contribution in [3.05, 3.63) is 53.4 Å². The molecule has 0 radical (unpaired) electrons. The molecule has 1 aromatic carbocycles. The molecule has 33 heavy (non-hydrogen) atoms. The van der Waals surface area contributed by atoms with E-state index in [0.717, 1.165) is 47.0 Å². The van der Waals surface area contributed by atoms with Gasteiger partial charge in [0.25, 0.3) is 0 Å². The summed E-state index contributed by atoms with van der Waals surface area (Å²) in [4.78, 5) is 23.4. The van der Waals surface area contributed by atoms with Crippen LogP contribution in [0.2, 0.25) is 5.02 Å². The summed E-state index contributed by atoms with van der Waals surface area (Å²) >= 11 is 6.64. The van der Waals surface area contributed by atoms with Gasteiger partial charge in [-0.1, -0.05) is 29.8 Å². The molecule has 3 atom stereocenters. The number of carbonyl (C=O) groups excluding carboxylic acids is 1. The van der Waals surface area contributed by atoms with Crippen molar-refractivity contribution < 1.29 is 4.79 Å². The number of aromatic nitrogens is 4. The largest absolute Gasteiger partial charge is 0.382 e. The van der Waals surface area contributed by atoms with Crippen LogP contribution in [0, 0.1) is 5.92 Å². The standard InChI is InChI=1S/C24H24ClN7O/c1-31-20-7-6-13(8-18(20)30-24(31)33)9-19-21(25)22(26)32-23(29-19)16(12-28-32)15-10-14-4-2-3-5-17(14)27-11-15/h2-5,10-13,18,20H,6-9,26H2,1H3,(H,30,33)/t13?,18-,20?/m0/s1. The Kier molecular flexibility index (Phi) is 4.65. The smallest absolute Gasteiger partial charge is 0.317 e. The Hall–Kier alpha value is -3.39. The van der Waals surface area contributed by atoms with Crippen LogP contribution in [0.15, 0.2) is 42.7 Å². The van der Waals surface area contributed by atoms with E-state index in [0.29, 0.717) is 28.8 Å². The predicted octanol–water partition coefficient (Wildman–Crippen LogP) is 3.91. The van der Waals surface area contributed by atoms with E-state index in [1.807, 2.05) is 42.4 Å². The number of nitrogen functional groups attached to an aromatic ring is 1. The molecule has 168 valence electrons. The zero-order chi connectivity index (χ0) is 22.7. The normalized spacial score (nSPS) is 22.7. The number of pyridine rings is 1. The maximum absolute atomic E-state index is 12.0. The Morgan fingerprint density at radius 2 is 2.09 bits per heavy atom. The van der Waals surface area contributed by atoms with Gasteiger partial charge in [-0.05, 0) is 43.7 Å². The molecule has 0 spiro atoms. The Balaban J connectivity index is 1.35. The van der Waals surface area contributed by atoms with E-state index < -0.39 is 0 Å². The number of anilines is 1. The van der Waals surface area contributed by atoms with Crippen LogP contribution < -0.4 is 11.1 Å². The van der Waals surface area contributed by atoms with Crippen molar-refractivity contribution in [1.82, 2.24) is 29.8 Å². The summed E-state index contributed by atoms with van der Waals surface area (Å²) in [6, 6.07) is 10.6. The van der Waals surface area contributed by atoms with Crippen LogP contribution in [0.5, 0.6) is 0 Å². The van der Waals surface area contributed by atoms with Crippen LogP contribution in [-0.4, -0.2) is 49.6 Å². The molecular weight excluding hydrogens is 438 g/mol. The van der Waals surface area contributed by atoms with E-state index in [1.54, 1.807) is 10.7 Å². The maximum atomic E-state index is 12.0. The Morgan fingerprint density at radius 1 is 1.24 bits per heavy atom. The number of nitrogens with zero attached hydrogens (tertiary/aromatic N) is 5. The quantitative estimate of drug-likeness (QED) is 0.481. The van der Waals surface area contributed by atoms with Crippen LogP contribution in [0.4, 0.5) is 10.6 Å². The summed E-state index contributed by atoms with van der Waals surface area (Å²) < 4.78 is 1.60. The maximum Gasteiger partial charge on any atom is 0.317 e. The first-order valence-corrected chi connectivity index (χ1v) is 11.6. The number of benzene rings is 1. The molecule has 4 heterocycles. The first-order valence-electron chi connectivity index (χ1n) is 11.2. The highest BCUT2D eigenvalue weighted by Crippen LogP contribution is 2.36. The molecule has 2 fully saturated rings. The van der Waals surface area contributed by atoms with E-state index in [-0.39, 0.29) is 18.1 Å². The van der Waals surface area contributed by atoms with Gasteiger partial charge >= 0.3 is 6.03 Å². The topological polar surface area (TPSA) is 101 Å². The van der Waals surface area contributed by atoms with Gasteiger partial charge in [0.1, 0.15) is 10.8 Å². The molecular formula is C24H24ClN7O. The number of urea groups is 1. The molecule has 4 aromatic rings. The molecule has 1 saturated heterocycles. The van der Waals surface area contributed by atoms with Gasteiger partial charge in [-0.15, -0.1) is 0 Å². The minimum atomic E-state index is 0.0142. The molecule has 2 amide bonds. The number of rotatable bonds is 3. The van der Waals surface area contributed by atoms with Gasteiger partial charge in [0.05, 0.1) is 29.5 Å². The molecule has 6 rings (SSSR count). The Labute approximate surface area is 195 Å². The highest BCUT2D eigenvalue weighted by molar-refractivity contribution is 6.33. The first kappa shape index (κ1) is 20.2. The number of fused-ring (bicyclic) bond motifs is 3. The fourth-order valence-electron chi connectivity index (χ4n) is 5.33. The number of para-hydroxylation sites is 1. The zero-order valence-electron chi connectivity index (χ0n) is 18.2. The van der Waals surface area contributed by atoms with Gasteiger partial charge in [0.15, 0.2) is 5.65 Å². The molecule has 1 aliphatic carbocycles. The second-order valence-corrected chi connectivity index (χ2v) is 9.46. The summed E-state index contributed by atoms with van der Waals surface area (Å²) in [6.07, 6.45) is 7.21. The van der Waals surface area contributed by atoms with Gasteiger partial charge < -0.3 is 16.0 Å². The number of hydrogen-bond donors (Lipinski definition) is 2. The third-order valence-electron chi connectivity index (χ3n) is 7.12. The fraction of sp³-hybridized carbons (Fsp3) is 0.333. The van der Waals surface area contributed by atoms with Crippen LogP contribution in [0.3, 0.4) is 0 Å². The number of hydrogen-bond acceptors (Lipinski definition) is 5. The SMILES string of the molecule is CN1C(=O)N[C@H]2CC(Cc3nc4c(-c5cnc6ccccc6c5)cnn4c(N)c3Cl)CCC21. The average molecular weight is 462 g/mol. The van der Waals surface area contributed by atoms with E-state index in [9.17, 15) is 4.79 Å². The van der Waals surface area contributed by atoms with E-state index in [2.05, 4.69) is 21.5 Å².